The number of rotatable bonds is 4. The molecule has 1 saturated heterocycles. The standard InChI is InChI=1S/C15H20FNOS/c1-12-6-9-17(10-7-12)15(18)8-11-19-14-5-3-2-4-13(14)16/h2-5,12H,6-11H2,1H3. The summed E-state index contributed by atoms with van der Waals surface area (Å²) in [7, 11) is 0. The summed E-state index contributed by atoms with van der Waals surface area (Å²) in [5.74, 6) is 1.38. The Kier molecular flexibility index (Phi) is 5.25. The van der Waals surface area contributed by atoms with Gasteiger partial charge in [-0.05, 0) is 30.9 Å². The normalized spacial score (nSPS) is 16.6. The Morgan fingerprint density at radius 1 is 1.37 bits per heavy atom. The van der Waals surface area contributed by atoms with Gasteiger partial charge in [-0.3, -0.25) is 4.79 Å². The van der Waals surface area contributed by atoms with E-state index in [0.29, 0.717) is 17.1 Å². The molecule has 0 unspecified atom stereocenters. The van der Waals surface area contributed by atoms with E-state index in [4.69, 9.17) is 0 Å². The van der Waals surface area contributed by atoms with Gasteiger partial charge in [0, 0.05) is 30.2 Å². The number of likely N-dealkylation sites (tertiary alicyclic amines) is 1. The number of carbonyl (C=O) groups excluding carboxylic acids is 1. The summed E-state index contributed by atoms with van der Waals surface area (Å²) in [4.78, 5) is 14.6. The summed E-state index contributed by atoms with van der Waals surface area (Å²) >= 11 is 1.42. The number of benzene rings is 1. The lowest BCUT2D eigenvalue weighted by Crippen LogP contribution is -2.38. The van der Waals surface area contributed by atoms with Gasteiger partial charge in [-0.1, -0.05) is 19.1 Å². The maximum atomic E-state index is 13.4. The van der Waals surface area contributed by atoms with Gasteiger partial charge in [-0.25, -0.2) is 4.39 Å². The molecule has 0 N–H and O–H groups in total. The van der Waals surface area contributed by atoms with Gasteiger partial charge in [0.25, 0.3) is 0 Å². The van der Waals surface area contributed by atoms with Crippen molar-refractivity contribution in [1.82, 2.24) is 4.90 Å². The van der Waals surface area contributed by atoms with E-state index in [-0.39, 0.29) is 11.7 Å². The van der Waals surface area contributed by atoms with E-state index in [9.17, 15) is 9.18 Å². The minimum absolute atomic E-state index is 0.202. The van der Waals surface area contributed by atoms with E-state index in [1.165, 1.54) is 17.8 Å². The fourth-order valence-electron chi connectivity index (χ4n) is 2.23. The zero-order chi connectivity index (χ0) is 13.7. The smallest absolute Gasteiger partial charge is 0.223 e. The highest BCUT2D eigenvalue weighted by molar-refractivity contribution is 7.99. The summed E-state index contributed by atoms with van der Waals surface area (Å²) in [6.45, 7) is 3.99. The summed E-state index contributed by atoms with van der Waals surface area (Å²) in [5.41, 5.74) is 0. The second kappa shape index (κ2) is 6.94. The van der Waals surface area contributed by atoms with Crippen molar-refractivity contribution in [2.24, 2.45) is 5.92 Å². The van der Waals surface area contributed by atoms with Crippen LogP contribution in [0.25, 0.3) is 0 Å². The predicted molar refractivity (Wildman–Crippen MR) is 76.7 cm³/mol. The Labute approximate surface area is 118 Å². The van der Waals surface area contributed by atoms with Crippen LogP contribution in [0.4, 0.5) is 4.39 Å². The van der Waals surface area contributed by atoms with E-state index in [2.05, 4.69) is 6.92 Å². The van der Waals surface area contributed by atoms with Crippen molar-refractivity contribution >= 4 is 17.7 Å². The topological polar surface area (TPSA) is 20.3 Å². The Morgan fingerprint density at radius 3 is 2.74 bits per heavy atom. The van der Waals surface area contributed by atoms with Crippen LogP contribution in [-0.4, -0.2) is 29.6 Å². The molecule has 2 rings (SSSR count). The molecule has 104 valence electrons. The molecule has 0 saturated carbocycles. The fourth-order valence-corrected chi connectivity index (χ4v) is 3.10. The van der Waals surface area contributed by atoms with Crippen molar-refractivity contribution in [3.63, 3.8) is 0 Å². The number of thioether (sulfide) groups is 1. The zero-order valence-corrected chi connectivity index (χ0v) is 12.1. The minimum Gasteiger partial charge on any atom is -0.343 e. The number of amides is 1. The largest absolute Gasteiger partial charge is 0.343 e. The summed E-state index contributed by atoms with van der Waals surface area (Å²) in [5, 5.41) is 0. The molecule has 1 heterocycles. The van der Waals surface area contributed by atoms with Crippen molar-refractivity contribution in [3.8, 4) is 0 Å². The van der Waals surface area contributed by atoms with Gasteiger partial charge in [-0.2, -0.15) is 0 Å². The first kappa shape index (κ1) is 14.4. The first-order chi connectivity index (χ1) is 9.16. The molecule has 0 aromatic heterocycles. The summed E-state index contributed by atoms with van der Waals surface area (Å²) < 4.78 is 13.4. The van der Waals surface area contributed by atoms with Crippen LogP contribution in [0.1, 0.15) is 26.2 Å². The molecular formula is C15H20FNOS. The third-order valence-corrected chi connectivity index (χ3v) is 4.60. The third kappa shape index (κ3) is 4.23. The number of hydrogen-bond donors (Lipinski definition) is 0. The quantitative estimate of drug-likeness (QED) is 0.786. The average Bonchev–Trinajstić information content (AvgIpc) is 2.41. The molecule has 0 radical (unpaired) electrons. The number of piperidine rings is 1. The number of hydrogen-bond acceptors (Lipinski definition) is 2. The van der Waals surface area contributed by atoms with Gasteiger partial charge in [0.1, 0.15) is 5.82 Å². The molecule has 0 bridgehead atoms. The van der Waals surface area contributed by atoms with Gasteiger partial charge in [-0.15, -0.1) is 11.8 Å². The van der Waals surface area contributed by atoms with E-state index in [1.54, 1.807) is 12.1 Å². The number of nitrogens with zero attached hydrogens (tertiary/aromatic N) is 1. The van der Waals surface area contributed by atoms with Gasteiger partial charge in [0.15, 0.2) is 0 Å². The lowest BCUT2D eigenvalue weighted by molar-refractivity contribution is -0.132. The molecule has 19 heavy (non-hydrogen) atoms. The van der Waals surface area contributed by atoms with Gasteiger partial charge >= 0.3 is 0 Å². The molecule has 1 aliphatic heterocycles. The van der Waals surface area contributed by atoms with Crippen LogP contribution < -0.4 is 0 Å². The van der Waals surface area contributed by atoms with Gasteiger partial charge in [0.05, 0.1) is 0 Å². The maximum Gasteiger partial charge on any atom is 0.223 e. The van der Waals surface area contributed by atoms with E-state index < -0.39 is 0 Å². The molecule has 1 aromatic carbocycles. The second-order valence-electron chi connectivity index (χ2n) is 5.09. The Hall–Kier alpha value is -1.03. The van der Waals surface area contributed by atoms with Gasteiger partial charge in [0.2, 0.25) is 5.91 Å². The molecule has 0 atom stereocenters. The molecule has 1 aliphatic rings. The lowest BCUT2D eigenvalue weighted by Gasteiger charge is -2.30. The van der Waals surface area contributed by atoms with Crippen LogP contribution in [0.5, 0.6) is 0 Å². The van der Waals surface area contributed by atoms with Crippen molar-refractivity contribution in [3.05, 3.63) is 30.1 Å². The van der Waals surface area contributed by atoms with Crippen molar-refractivity contribution in [2.75, 3.05) is 18.8 Å². The molecule has 1 aromatic rings. The molecule has 1 fully saturated rings. The second-order valence-corrected chi connectivity index (χ2v) is 6.23. The van der Waals surface area contributed by atoms with E-state index >= 15 is 0 Å². The predicted octanol–water partition coefficient (Wildman–Crippen LogP) is 3.57. The first-order valence-electron chi connectivity index (χ1n) is 6.82. The molecule has 4 heteroatoms. The van der Waals surface area contributed by atoms with Crippen molar-refractivity contribution < 1.29 is 9.18 Å². The van der Waals surface area contributed by atoms with Crippen LogP contribution in [0.3, 0.4) is 0 Å². The van der Waals surface area contributed by atoms with Crippen LogP contribution in [0.2, 0.25) is 0 Å². The van der Waals surface area contributed by atoms with E-state index in [1.807, 2.05) is 11.0 Å². The van der Waals surface area contributed by atoms with Crippen LogP contribution in [-0.2, 0) is 4.79 Å². The fraction of sp³-hybridized carbons (Fsp3) is 0.533. The first-order valence-corrected chi connectivity index (χ1v) is 7.80. The molecule has 0 spiro atoms. The lowest BCUT2D eigenvalue weighted by atomic mass is 9.99. The Bertz CT molecular complexity index is 430. The monoisotopic (exact) mass is 281 g/mol. The molecule has 1 amide bonds. The maximum absolute atomic E-state index is 13.4. The number of carbonyl (C=O) groups is 1. The highest BCUT2D eigenvalue weighted by atomic mass is 32.2. The minimum atomic E-state index is -0.202. The molecule has 0 aliphatic carbocycles. The molecular weight excluding hydrogens is 261 g/mol. The zero-order valence-electron chi connectivity index (χ0n) is 11.3. The highest BCUT2D eigenvalue weighted by Gasteiger charge is 2.19. The van der Waals surface area contributed by atoms with E-state index in [0.717, 1.165) is 31.8 Å². The third-order valence-electron chi connectivity index (χ3n) is 3.55. The Balaban J connectivity index is 1.74. The SMILES string of the molecule is CC1CCN(C(=O)CCSc2ccccc2F)CC1. The van der Waals surface area contributed by atoms with Crippen molar-refractivity contribution in [2.45, 2.75) is 31.1 Å². The van der Waals surface area contributed by atoms with Crippen LogP contribution in [0, 0.1) is 11.7 Å². The van der Waals surface area contributed by atoms with Gasteiger partial charge < -0.3 is 4.90 Å². The highest BCUT2D eigenvalue weighted by Crippen LogP contribution is 2.23. The van der Waals surface area contributed by atoms with Crippen LogP contribution >= 0.6 is 11.8 Å². The Morgan fingerprint density at radius 2 is 2.05 bits per heavy atom. The summed E-state index contributed by atoms with van der Waals surface area (Å²) in [6, 6.07) is 6.71. The average molecular weight is 281 g/mol. The summed E-state index contributed by atoms with van der Waals surface area (Å²) in [6.07, 6.45) is 2.70. The van der Waals surface area contributed by atoms with Crippen LogP contribution in [0.15, 0.2) is 29.2 Å². The molecule has 2 nitrogen and oxygen atoms in total. The van der Waals surface area contributed by atoms with Crippen molar-refractivity contribution in [1.29, 1.82) is 0 Å². The number of halogens is 1.